The van der Waals surface area contributed by atoms with Gasteiger partial charge in [0.25, 0.3) is 0 Å². The minimum atomic E-state index is 0.398. The molecule has 0 saturated heterocycles. The van der Waals surface area contributed by atoms with Crippen LogP contribution in [0.2, 0.25) is 0 Å². The van der Waals surface area contributed by atoms with Crippen LogP contribution in [0.15, 0.2) is 18.5 Å². The van der Waals surface area contributed by atoms with Crippen LogP contribution in [-0.2, 0) is 0 Å². The van der Waals surface area contributed by atoms with E-state index in [2.05, 4.69) is 30.0 Å². The van der Waals surface area contributed by atoms with E-state index >= 15 is 0 Å². The molecule has 0 aliphatic heterocycles. The fraction of sp³-hybridized carbons (Fsp3) is 0.400. The van der Waals surface area contributed by atoms with E-state index in [1.165, 1.54) is 5.56 Å². The van der Waals surface area contributed by atoms with Crippen LogP contribution in [0.25, 0.3) is 11.0 Å². The van der Waals surface area contributed by atoms with Gasteiger partial charge in [0.1, 0.15) is 0 Å². The number of rotatable bonds is 1. The summed E-state index contributed by atoms with van der Waals surface area (Å²) >= 11 is 0. The van der Waals surface area contributed by atoms with Crippen LogP contribution in [-0.4, -0.2) is 14.8 Å². The Labute approximate surface area is 77.4 Å². The molecule has 3 heteroatoms. The number of aromatic nitrogens is 3. The Kier molecular flexibility index (Phi) is 1.79. The van der Waals surface area contributed by atoms with Gasteiger partial charge in [0, 0.05) is 23.8 Å². The predicted octanol–water partition coefficient (Wildman–Crippen LogP) is 2.32. The van der Waals surface area contributed by atoms with Crippen molar-refractivity contribution in [3.63, 3.8) is 0 Å². The largest absolute Gasteiger partial charge is 0.267 e. The fourth-order valence-electron chi connectivity index (χ4n) is 1.31. The third kappa shape index (κ3) is 1.41. The molecule has 13 heavy (non-hydrogen) atoms. The van der Waals surface area contributed by atoms with Gasteiger partial charge in [-0.1, -0.05) is 0 Å². The number of fused-ring (bicyclic) bond motifs is 1. The van der Waals surface area contributed by atoms with Gasteiger partial charge in [-0.2, -0.15) is 5.10 Å². The summed E-state index contributed by atoms with van der Waals surface area (Å²) in [7, 11) is 0. The molecule has 0 spiro atoms. The topological polar surface area (TPSA) is 30.7 Å². The zero-order chi connectivity index (χ0) is 9.42. The highest BCUT2D eigenvalue weighted by Crippen LogP contribution is 2.13. The van der Waals surface area contributed by atoms with E-state index in [4.69, 9.17) is 0 Å². The van der Waals surface area contributed by atoms with Crippen molar-refractivity contribution >= 4 is 11.0 Å². The number of pyridine rings is 1. The first kappa shape index (κ1) is 8.23. The zero-order valence-corrected chi connectivity index (χ0v) is 8.15. The first-order valence-electron chi connectivity index (χ1n) is 4.48. The Balaban J connectivity index is 2.62. The molecule has 2 aromatic heterocycles. The number of aryl methyl sites for hydroxylation is 1. The molecule has 2 aromatic rings. The van der Waals surface area contributed by atoms with Crippen molar-refractivity contribution in [2.45, 2.75) is 26.8 Å². The first-order valence-corrected chi connectivity index (χ1v) is 4.48. The average Bonchev–Trinajstić information content (AvgIpc) is 2.46. The summed E-state index contributed by atoms with van der Waals surface area (Å²) in [6.07, 6.45) is 3.89. The van der Waals surface area contributed by atoms with Crippen molar-refractivity contribution in [2.24, 2.45) is 0 Å². The predicted molar refractivity (Wildman–Crippen MR) is 52.7 cm³/mol. The first-order chi connectivity index (χ1) is 6.16. The van der Waals surface area contributed by atoms with Gasteiger partial charge in [0.05, 0.1) is 0 Å². The number of nitrogens with zero attached hydrogens (tertiary/aromatic N) is 3. The Hall–Kier alpha value is -1.38. The molecule has 0 N–H and O–H groups in total. The minimum absolute atomic E-state index is 0.398. The highest BCUT2D eigenvalue weighted by molar-refractivity contribution is 5.74. The standard InChI is InChI=1S/C10H13N3/c1-7(2)13-6-9-4-8(3)5-11-10(9)12-13/h4-7H,1-3H3. The van der Waals surface area contributed by atoms with Crippen LogP contribution in [0.1, 0.15) is 25.5 Å². The second kappa shape index (κ2) is 2.83. The highest BCUT2D eigenvalue weighted by atomic mass is 15.3. The molecule has 0 aromatic carbocycles. The molecule has 0 fully saturated rings. The van der Waals surface area contributed by atoms with Crippen LogP contribution in [0.4, 0.5) is 0 Å². The summed E-state index contributed by atoms with van der Waals surface area (Å²) in [4.78, 5) is 4.25. The molecule has 0 bridgehead atoms. The van der Waals surface area contributed by atoms with E-state index in [9.17, 15) is 0 Å². The summed E-state index contributed by atoms with van der Waals surface area (Å²) in [5.74, 6) is 0. The van der Waals surface area contributed by atoms with E-state index in [-0.39, 0.29) is 0 Å². The maximum absolute atomic E-state index is 4.36. The van der Waals surface area contributed by atoms with Gasteiger partial charge in [0.15, 0.2) is 5.65 Å². The third-order valence-electron chi connectivity index (χ3n) is 2.04. The van der Waals surface area contributed by atoms with Gasteiger partial charge in [-0.25, -0.2) is 4.98 Å². The monoisotopic (exact) mass is 175 g/mol. The Morgan fingerprint density at radius 3 is 2.85 bits per heavy atom. The maximum atomic E-state index is 4.36. The molecule has 0 aliphatic rings. The lowest BCUT2D eigenvalue weighted by Gasteiger charge is -2.01. The Morgan fingerprint density at radius 2 is 2.15 bits per heavy atom. The van der Waals surface area contributed by atoms with Crippen LogP contribution in [0.5, 0.6) is 0 Å². The van der Waals surface area contributed by atoms with Crippen LogP contribution in [0.3, 0.4) is 0 Å². The van der Waals surface area contributed by atoms with E-state index in [1.807, 2.05) is 24.0 Å². The van der Waals surface area contributed by atoms with E-state index < -0.39 is 0 Å². The summed E-state index contributed by atoms with van der Waals surface area (Å²) < 4.78 is 1.94. The molecular weight excluding hydrogens is 162 g/mol. The molecular formula is C10H13N3. The lowest BCUT2D eigenvalue weighted by Crippen LogP contribution is -2.00. The quantitative estimate of drug-likeness (QED) is 0.666. The van der Waals surface area contributed by atoms with E-state index in [1.54, 1.807) is 0 Å². The normalized spacial score (nSPS) is 11.4. The second-order valence-corrected chi connectivity index (χ2v) is 3.63. The van der Waals surface area contributed by atoms with Crippen LogP contribution >= 0.6 is 0 Å². The van der Waals surface area contributed by atoms with Gasteiger partial charge in [-0.15, -0.1) is 0 Å². The van der Waals surface area contributed by atoms with Crippen molar-refractivity contribution in [1.29, 1.82) is 0 Å². The lowest BCUT2D eigenvalue weighted by atomic mass is 10.3. The Morgan fingerprint density at radius 1 is 1.38 bits per heavy atom. The minimum Gasteiger partial charge on any atom is -0.267 e. The summed E-state index contributed by atoms with van der Waals surface area (Å²) in [6, 6.07) is 2.50. The average molecular weight is 175 g/mol. The zero-order valence-electron chi connectivity index (χ0n) is 8.15. The van der Waals surface area contributed by atoms with E-state index in [0.717, 1.165) is 11.0 Å². The van der Waals surface area contributed by atoms with Crippen molar-refractivity contribution < 1.29 is 0 Å². The molecule has 2 rings (SSSR count). The summed E-state index contributed by atoms with van der Waals surface area (Å²) in [6.45, 7) is 6.26. The number of hydrogen-bond acceptors (Lipinski definition) is 2. The molecule has 0 unspecified atom stereocenters. The molecule has 0 saturated carbocycles. The van der Waals surface area contributed by atoms with Crippen LogP contribution in [0, 0.1) is 6.92 Å². The number of hydrogen-bond donors (Lipinski definition) is 0. The molecule has 68 valence electrons. The van der Waals surface area contributed by atoms with Gasteiger partial charge in [-0.05, 0) is 32.4 Å². The van der Waals surface area contributed by atoms with Crippen molar-refractivity contribution in [2.75, 3.05) is 0 Å². The van der Waals surface area contributed by atoms with Gasteiger partial charge in [0.2, 0.25) is 0 Å². The summed E-state index contributed by atoms with van der Waals surface area (Å²) in [5.41, 5.74) is 2.01. The molecule has 0 amide bonds. The lowest BCUT2D eigenvalue weighted by molar-refractivity contribution is 0.536. The molecule has 2 heterocycles. The van der Waals surface area contributed by atoms with Crippen LogP contribution < -0.4 is 0 Å². The molecule has 0 aliphatic carbocycles. The molecule has 3 nitrogen and oxygen atoms in total. The van der Waals surface area contributed by atoms with Gasteiger partial charge < -0.3 is 0 Å². The second-order valence-electron chi connectivity index (χ2n) is 3.63. The smallest absolute Gasteiger partial charge is 0.181 e. The molecule has 0 atom stereocenters. The van der Waals surface area contributed by atoms with E-state index in [0.29, 0.717) is 6.04 Å². The fourth-order valence-corrected chi connectivity index (χ4v) is 1.31. The SMILES string of the molecule is Cc1cnc2nn(C(C)C)cc2c1. The van der Waals surface area contributed by atoms with Crippen molar-refractivity contribution in [3.8, 4) is 0 Å². The van der Waals surface area contributed by atoms with Gasteiger partial charge in [-0.3, -0.25) is 4.68 Å². The third-order valence-corrected chi connectivity index (χ3v) is 2.04. The highest BCUT2D eigenvalue weighted by Gasteiger charge is 2.03. The maximum Gasteiger partial charge on any atom is 0.181 e. The van der Waals surface area contributed by atoms with Crippen molar-refractivity contribution in [3.05, 3.63) is 24.0 Å². The molecule has 0 radical (unpaired) electrons. The van der Waals surface area contributed by atoms with Crippen molar-refractivity contribution in [1.82, 2.24) is 14.8 Å². The van der Waals surface area contributed by atoms with Gasteiger partial charge >= 0.3 is 0 Å². The summed E-state index contributed by atoms with van der Waals surface area (Å²) in [5, 5.41) is 5.48. The Bertz CT molecular complexity index is 429.